The summed E-state index contributed by atoms with van der Waals surface area (Å²) in [5.41, 5.74) is 4.72. The lowest BCUT2D eigenvalue weighted by Crippen LogP contribution is -2.18. The minimum absolute atomic E-state index is 0.163. The second-order valence-corrected chi connectivity index (χ2v) is 4.69. The summed E-state index contributed by atoms with van der Waals surface area (Å²) in [5, 5.41) is 16.6. The highest BCUT2D eigenvalue weighted by Crippen LogP contribution is 2.14. The van der Waals surface area contributed by atoms with Gasteiger partial charge in [0.25, 0.3) is 0 Å². The van der Waals surface area contributed by atoms with E-state index in [0.717, 1.165) is 18.8 Å². The van der Waals surface area contributed by atoms with E-state index in [4.69, 9.17) is 5.11 Å². The van der Waals surface area contributed by atoms with Gasteiger partial charge in [-0.05, 0) is 19.4 Å². The van der Waals surface area contributed by atoms with Gasteiger partial charge in [-0.3, -0.25) is 4.68 Å². The topological polar surface area (TPSA) is 50.1 Å². The Morgan fingerprint density at radius 2 is 1.95 bits per heavy atom. The number of hydrogen-bond acceptors (Lipinski definition) is 3. The van der Waals surface area contributed by atoms with Gasteiger partial charge in [0.1, 0.15) is 0 Å². The van der Waals surface area contributed by atoms with Gasteiger partial charge < -0.3 is 10.4 Å². The fourth-order valence-electron chi connectivity index (χ4n) is 2.19. The first-order valence-electron chi connectivity index (χ1n) is 6.60. The van der Waals surface area contributed by atoms with Crippen LogP contribution in [0.15, 0.2) is 30.3 Å². The van der Waals surface area contributed by atoms with Crippen molar-refractivity contribution in [2.75, 3.05) is 13.2 Å². The number of nitrogens with zero attached hydrogens (tertiary/aromatic N) is 2. The minimum atomic E-state index is 0.163. The van der Waals surface area contributed by atoms with Gasteiger partial charge >= 0.3 is 0 Å². The van der Waals surface area contributed by atoms with E-state index in [9.17, 15) is 0 Å². The molecule has 0 aliphatic carbocycles. The van der Waals surface area contributed by atoms with E-state index in [1.54, 1.807) is 0 Å². The Morgan fingerprint density at radius 3 is 2.63 bits per heavy atom. The highest BCUT2D eigenvalue weighted by molar-refractivity contribution is 5.25. The third-order valence-electron chi connectivity index (χ3n) is 3.30. The zero-order chi connectivity index (χ0) is 13.7. The predicted octanol–water partition coefficient (Wildman–Crippen LogP) is 1.63. The first kappa shape index (κ1) is 13.8. The summed E-state index contributed by atoms with van der Waals surface area (Å²) >= 11 is 0. The highest BCUT2D eigenvalue weighted by Gasteiger charge is 2.11. The minimum Gasteiger partial charge on any atom is -0.395 e. The molecule has 4 heteroatoms. The normalized spacial score (nSPS) is 10.9. The van der Waals surface area contributed by atoms with Gasteiger partial charge in [-0.25, -0.2) is 0 Å². The van der Waals surface area contributed by atoms with E-state index in [0.29, 0.717) is 6.54 Å². The van der Waals surface area contributed by atoms with Crippen LogP contribution in [0.2, 0.25) is 0 Å². The van der Waals surface area contributed by atoms with Crippen molar-refractivity contribution >= 4 is 0 Å². The van der Waals surface area contributed by atoms with E-state index in [-0.39, 0.29) is 6.61 Å². The molecular formula is C15H21N3O. The van der Waals surface area contributed by atoms with Crippen LogP contribution in [-0.2, 0) is 13.1 Å². The Labute approximate surface area is 114 Å². The van der Waals surface area contributed by atoms with Crippen molar-refractivity contribution in [2.45, 2.75) is 26.9 Å². The Bertz CT molecular complexity index is 520. The number of hydrogen-bond donors (Lipinski definition) is 2. The van der Waals surface area contributed by atoms with Crippen molar-refractivity contribution in [3.63, 3.8) is 0 Å². The number of aliphatic hydroxyl groups is 1. The van der Waals surface area contributed by atoms with Crippen molar-refractivity contribution in [1.82, 2.24) is 15.1 Å². The molecule has 0 amide bonds. The van der Waals surface area contributed by atoms with Crippen molar-refractivity contribution in [3.05, 3.63) is 52.8 Å². The average Bonchev–Trinajstić information content (AvgIpc) is 2.68. The van der Waals surface area contributed by atoms with Gasteiger partial charge in [0.15, 0.2) is 0 Å². The van der Waals surface area contributed by atoms with Crippen LogP contribution in [-0.4, -0.2) is 28.0 Å². The summed E-state index contributed by atoms with van der Waals surface area (Å²) < 4.78 is 2.04. The van der Waals surface area contributed by atoms with Gasteiger partial charge in [-0.2, -0.15) is 5.10 Å². The first-order chi connectivity index (χ1) is 9.22. The highest BCUT2D eigenvalue weighted by atomic mass is 16.3. The maximum Gasteiger partial charge on any atom is 0.0662 e. The van der Waals surface area contributed by atoms with Crippen LogP contribution in [0.25, 0.3) is 0 Å². The van der Waals surface area contributed by atoms with Crippen LogP contribution in [0.1, 0.15) is 22.5 Å². The number of nitrogens with one attached hydrogen (secondary N) is 1. The smallest absolute Gasteiger partial charge is 0.0662 e. The van der Waals surface area contributed by atoms with Crippen molar-refractivity contribution < 1.29 is 5.11 Å². The SMILES string of the molecule is Cc1nn(Cc2ccccc2)c(C)c1CNCCO. The molecule has 0 saturated heterocycles. The maximum absolute atomic E-state index is 8.80. The molecule has 0 bridgehead atoms. The molecule has 4 nitrogen and oxygen atoms in total. The lowest BCUT2D eigenvalue weighted by molar-refractivity contribution is 0.292. The Hall–Kier alpha value is -1.65. The van der Waals surface area contributed by atoms with Gasteiger partial charge in [-0.15, -0.1) is 0 Å². The molecule has 1 heterocycles. The van der Waals surface area contributed by atoms with Crippen LogP contribution < -0.4 is 5.32 Å². The average molecular weight is 259 g/mol. The summed E-state index contributed by atoms with van der Waals surface area (Å²) in [6, 6.07) is 10.3. The summed E-state index contributed by atoms with van der Waals surface area (Å²) in [4.78, 5) is 0. The van der Waals surface area contributed by atoms with E-state index in [1.807, 2.05) is 29.8 Å². The molecular weight excluding hydrogens is 238 g/mol. The third-order valence-corrected chi connectivity index (χ3v) is 3.30. The summed E-state index contributed by atoms with van der Waals surface area (Å²) in [5.74, 6) is 0. The lowest BCUT2D eigenvalue weighted by atomic mass is 10.2. The van der Waals surface area contributed by atoms with Crippen molar-refractivity contribution in [1.29, 1.82) is 0 Å². The van der Waals surface area contributed by atoms with Gasteiger partial charge in [0.2, 0.25) is 0 Å². The molecule has 0 aliphatic heterocycles. The second kappa shape index (κ2) is 6.50. The van der Waals surface area contributed by atoms with Gasteiger partial charge in [-0.1, -0.05) is 30.3 Å². The predicted molar refractivity (Wildman–Crippen MR) is 76.0 cm³/mol. The standard InChI is InChI=1S/C15H21N3O/c1-12-15(10-16-8-9-19)13(2)18(17-12)11-14-6-4-3-5-7-14/h3-7,16,19H,8-11H2,1-2H3. The number of aliphatic hydroxyl groups excluding tert-OH is 1. The molecule has 0 saturated carbocycles. The molecule has 0 spiro atoms. The van der Waals surface area contributed by atoms with Crippen LogP contribution in [0.5, 0.6) is 0 Å². The van der Waals surface area contributed by atoms with E-state index >= 15 is 0 Å². The number of aromatic nitrogens is 2. The van der Waals surface area contributed by atoms with Gasteiger partial charge in [0, 0.05) is 24.3 Å². The van der Waals surface area contributed by atoms with Crippen molar-refractivity contribution in [3.8, 4) is 0 Å². The molecule has 0 unspecified atom stereocenters. The van der Waals surface area contributed by atoms with Crippen LogP contribution in [0.4, 0.5) is 0 Å². The largest absolute Gasteiger partial charge is 0.395 e. The molecule has 2 rings (SSSR count). The van der Waals surface area contributed by atoms with E-state index in [2.05, 4.69) is 29.5 Å². The molecule has 0 atom stereocenters. The fourth-order valence-corrected chi connectivity index (χ4v) is 2.19. The first-order valence-corrected chi connectivity index (χ1v) is 6.60. The number of aryl methyl sites for hydroxylation is 1. The summed E-state index contributed by atoms with van der Waals surface area (Å²) in [6.45, 7) is 6.46. The molecule has 0 aliphatic rings. The molecule has 0 fully saturated rings. The Balaban J connectivity index is 2.12. The van der Waals surface area contributed by atoms with Crippen molar-refractivity contribution in [2.24, 2.45) is 0 Å². The van der Waals surface area contributed by atoms with Crippen LogP contribution in [0.3, 0.4) is 0 Å². The molecule has 102 valence electrons. The van der Waals surface area contributed by atoms with Crippen LogP contribution in [0, 0.1) is 13.8 Å². The molecule has 2 N–H and O–H groups in total. The zero-order valence-corrected chi connectivity index (χ0v) is 11.6. The number of benzene rings is 1. The third kappa shape index (κ3) is 3.43. The quantitative estimate of drug-likeness (QED) is 0.775. The Morgan fingerprint density at radius 1 is 1.21 bits per heavy atom. The summed E-state index contributed by atoms with van der Waals surface area (Å²) in [7, 11) is 0. The molecule has 2 aromatic rings. The van der Waals surface area contributed by atoms with E-state index < -0.39 is 0 Å². The maximum atomic E-state index is 8.80. The Kier molecular flexibility index (Phi) is 4.71. The summed E-state index contributed by atoms with van der Waals surface area (Å²) in [6.07, 6.45) is 0. The monoisotopic (exact) mass is 259 g/mol. The molecule has 19 heavy (non-hydrogen) atoms. The van der Waals surface area contributed by atoms with Crippen LogP contribution >= 0.6 is 0 Å². The molecule has 0 radical (unpaired) electrons. The van der Waals surface area contributed by atoms with Gasteiger partial charge in [0.05, 0.1) is 18.8 Å². The van der Waals surface area contributed by atoms with E-state index in [1.165, 1.54) is 16.8 Å². The molecule has 1 aromatic carbocycles. The fraction of sp³-hybridized carbons (Fsp3) is 0.400. The molecule has 1 aromatic heterocycles. The second-order valence-electron chi connectivity index (χ2n) is 4.69. The lowest BCUT2D eigenvalue weighted by Gasteiger charge is -2.06. The zero-order valence-electron chi connectivity index (χ0n) is 11.6. The number of rotatable bonds is 6.